The van der Waals surface area contributed by atoms with Crippen LogP contribution in [0.2, 0.25) is 0 Å². The number of aromatic nitrogens is 4. The lowest BCUT2D eigenvalue weighted by Gasteiger charge is -2.16. The van der Waals surface area contributed by atoms with Gasteiger partial charge in [-0.2, -0.15) is 0 Å². The Labute approximate surface area is 280 Å². The van der Waals surface area contributed by atoms with Crippen LogP contribution in [0.4, 0.5) is 19.0 Å². The summed E-state index contributed by atoms with van der Waals surface area (Å²) in [6, 6.07) is 11.9. The third kappa shape index (κ3) is 4.94. The number of rotatable bonds is 7. The summed E-state index contributed by atoms with van der Waals surface area (Å²) in [5.41, 5.74) is 4.75. The summed E-state index contributed by atoms with van der Waals surface area (Å²) < 4.78 is 48.8. The number of nitrogens with one attached hydrogen (secondary N) is 2. The zero-order chi connectivity index (χ0) is 33.4. The Morgan fingerprint density at radius 3 is 2.65 bits per heavy atom. The highest BCUT2D eigenvalue weighted by molar-refractivity contribution is 7.23. The number of aromatic amines is 1. The topological polar surface area (TPSA) is 117 Å². The molecule has 0 radical (unpaired) electrons. The van der Waals surface area contributed by atoms with Gasteiger partial charge in [-0.25, -0.2) is 28.0 Å². The lowest BCUT2D eigenvalue weighted by Crippen LogP contribution is -2.22. The monoisotopic (exact) mass is 680 g/mol. The average molecular weight is 681 g/mol. The van der Waals surface area contributed by atoms with Crippen LogP contribution in [-0.2, 0) is 19.3 Å². The van der Waals surface area contributed by atoms with E-state index >= 15 is 0 Å². The van der Waals surface area contributed by atoms with E-state index in [0.717, 1.165) is 39.4 Å². The predicted molar refractivity (Wildman–Crippen MR) is 177 cm³/mol. The number of anilines is 1. The summed E-state index contributed by atoms with van der Waals surface area (Å²) in [5.74, 6) is -1.81. The van der Waals surface area contributed by atoms with Crippen molar-refractivity contribution < 1.29 is 22.4 Å². The standard InChI is InChI=1S/C36H27F3N6O3S/c37-19-6-3-17(4-7-19)5-9-25-28(34-43-44-36(47)48-34)29(30-31(41-25)26-2-1-13-45(26)35(30)46)27-14-18-11-12-40-33(32(18)49-27)42-24-10-8-21-22(24)15-20(38)16-23(21)39/h3-4,6-7,11-12,14-16,24,26H,1-2,5,8-10,13H2,(H,40,42)(H,44,47)/t24-,26?/m0/s1. The van der Waals surface area contributed by atoms with Gasteiger partial charge in [0.1, 0.15) is 23.3 Å². The largest absolute Gasteiger partial charge is 0.434 e. The van der Waals surface area contributed by atoms with Crippen molar-refractivity contribution in [2.75, 3.05) is 11.9 Å². The third-order valence-corrected chi connectivity index (χ3v) is 11.0. The maximum atomic E-state index is 14.5. The van der Waals surface area contributed by atoms with Gasteiger partial charge in [-0.05, 0) is 90.9 Å². The number of hydrogen-bond donors (Lipinski definition) is 2. The molecule has 9 rings (SSSR count). The van der Waals surface area contributed by atoms with E-state index in [9.17, 15) is 22.8 Å². The number of nitrogens with zero attached hydrogens (tertiary/aromatic N) is 4. The molecule has 1 unspecified atom stereocenters. The van der Waals surface area contributed by atoms with E-state index in [4.69, 9.17) is 9.40 Å². The highest BCUT2D eigenvalue weighted by Crippen LogP contribution is 2.50. The van der Waals surface area contributed by atoms with Crippen molar-refractivity contribution >= 4 is 33.1 Å². The van der Waals surface area contributed by atoms with Crippen LogP contribution in [-0.4, -0.2) is 37.5 Å². The van der Waals surface area contributed by atoms with Crippen molar-refractivity contribution in [2.45, 2.75) is 50.6 Å². The number of aryl methyl sites for hydroxylation is 2. The molecular formula is C36H27F3N6O3S. The Balaban J connectivity index is 1.21. The van der Waals surface area contributed by atoms with E-state index in [1.807, 2.05) is 17.0 Å². The molecule has 1 fully saturated rings. The molecule has 2 N–H and O–H groups in total. The van der Waals surface area contributed by atoms with Crippen LogP contribution in [0.1, 0.15) is 69.8 Å². The Morgan fingerprint density at radius 1 is 0.980 bits per heavy atom. The van der Waals surface area contributed by atoms with Crippen molar-refractivity contribution in [2.24, 2.45) is 0 Å². The number of carbonyl (C=O) groups is 1. The van der Waals surface area contributed by atoms with Crippen LogP contribution in [0, 0.1) is 17.5 Å². The maximum Gasteiger partial charge on any atom is 0.434 e. The molecule has 0 saturated carbocycles. The normalized spacial score (nSPS) is 17.9. The van der Waals surface area contributed by atoms with E-state index in [0.29, 0.717) is 77.3 Å². The molecule has 3 aliphatic rings. The molecule has 2 aromatic carbocycles. The fraction of sp³-hybridized carbons (Fsp3) is 0.250. The second kappa shape index (κ2) is 11.4. The van der Waals surface area contributed by atoms with E-state index in [2.05, 4.69) is 20.5 Å². The lowest BCUT2D eigenvalue weighted by molar-refractivity contribution is 0.0776. The van der Waals surface area contributed by atoms with E-state index in [-0.39, 0.29) is 29.7 Å². The van der Waals surface area contributed by atoms with Gasteiger partial charge in [0.05, 0.1) is 39.3 Å². The molecule has 6 aromatic rings. The minimum Gasteiger partial charge on any atom is -0.388 e. The summed E-state index contributed by atoms with van der Waals surface area (Å²) in [6.45, 7) is 0.617. The van der Waals surface area contributed by atoms with Crippen LogP contribution < -0.4 is 11.1 Å². The second-order valence-corrected chi connectivity index (χ2v) is 13.7. The Kier molecular flexibility index (Phi) is 6.94. The third-order valence-electron chi connectivity index (χ3n) is 9.80. The van der Waals surface area contributed by atoms with Crippen molar-refractivity contribution in [1.82, 2.24) is 25.1 Å². The molecule has 246 valence electrons. The number of carbonyl (C=O) groups excluding carboxylic acids is 1. The van der Waals surface area contributed by atoms with E-state index < -0.39 is 17.4 Å². The number of H-pyrrole nitrogens is 1. The van der Waals surface area contributed by atoms with Crippen LogP contribution in [0.5, 0.6) is 0 Å². The summed E-state index contributed by atoms with van der Waals surface area (Å²) >= 11 is 1.41. The molecule has 1 saturated heterocycles. The van der Waals surface area contributed by atoms with Gasteiger partial charge in [-0.1, -0.05) is 12.1 Å². The predicted octanol–water partition coefficient (Wildman–Crippen LogP) is 7.29. The highest BCUT2D eigenvalue weighted by atomic mass is 32.1. The summed E-state index contributed by atoms with van der Waals surface area (Å²) in [7, 11) is 0. The van der Waals surface area contributed by atoms with Crippen LogP contribution >= 0.6 is 11.3 Å². The van der Waals surface area contributed by atoms with Gasteiger partial charge in [-0.3, -0.25) is 9.78 Å². The van der Waals surface area contributed by atoms with Gasteiger partial charge in [0.25, 0.3) is 11.8 Å². The fourth-order valence-electron chi connectivity index (χ4n) is 7.61. The molecule has 6 heterocycles. The highest BCUT2D eigenvalue weighted by Gasteiger charge is 2.45. The fourth-order valence-corrected chi connectivity index (χ4v) is 8.77. The van der Waals surface area contributed by atoms with Gasteiger partial charge in [0.15, 0.2) is 0 Å². The van der Waals surface area contributed by atoms with Crippen LogP contribution in [0.25, 0.3) is 32.0 Å². The second-order valence-electron chi connectivity index (χ2n) is 12.6. The zero-order valence-electron chi connectivity index (χ0n) is 25.9. The quantitative estimate of drug-likeness (QED) is 0.182. The first-order chi connectivity index (χ1) is 23.8. The van der Waals surface area contributed by atoms with Gasteiger partial charge in [0, 0.05) is 29.2 Å². The Bertz CT molecular complexity index is 2370. The van der Waals surface area contributed by atoms with Gasteiger partial charge in [0.2, 0.25) is 0 Å². The first kappa shape index (κ1) is 29.8. The molecule has 4 aromatic heterocycles. The SMILES string of the molecule is O=C1c2c(nc(CCc3ccc(F)cc3)c(-c3n[nH]c(=O)o3)c2-c2cc3ccnc(N[C@H]4CCc5c(F)cc(F)cc54)c3s2)C2CCCN12. The average Bonchev–Trinajstić information content (AvgIpc) is 3.92. The number of pyridine rings is 2. The molecule has 9 nitrogen and oxygen atoms in total. The van der Waals surface area contributed by atoms with Crippen molar-refractivity contribution in [1.29, 1.82) is 0 Å². The number of fused-ring (bicyclic) bond motifs is 5. The summed E-state index contributed by atoms with van der Waals surface area (Å²) in [4.78, 5) is 38.7. The van der Waals surface area contributed by atoms with Gasteiger partial charge < -0.3 is 14.6 Å². The van der Waals surface area contributed by atoms with Crippen molar-refractivity contribution in [3.05, 3.63) is 116 Å². The maximum absolute atomic E-state index is 14.5. The molecule has 2 atom stereocenters. The zero-order valence-corrected chi connectivity index (χ0v) is 26.7. The number of hydrogen-bond acceptors (Lipinski definition) is 8. The smallest absolute Gasteiger partial charge is 0.388 e. The lowest BCUT2D eigenvalue weighted by atomic mass is 9.93. The summed E-state index contributed by atoms with van der Waals surface area (Å²) in [5, 5.41) is 10.8. The van der Waals surface area contributed by atoms with Crippen molar-refractivity contribution in [3.8, 4) is 21.9 Å². The molecule has 0 bridgehead atoms. The molecule has 2 aliphatic heterocycles. The van der Waals surface area contributed by atoms with Gasteiger partial charge in [-0.15, -0.1) is 16.4 Å². The minimum absolute atomic E-state index is 0.0183. The van der Waals surface area contributed by atoms with Crippen LogP contribution in [0.3, 0.4) is 0 Å². The number of halogens is 3. The minimum atomic E-state index is -0.741. The summed E-state index contributed by atoms with van der Waals surface area (Å²) in [6.07, 6.45) is 5.31. The van der Waals surface area contributed by atoms with Crippen molar-refractivity contribution in [3.63, 3.8) is 0 Å². The number of amides is 1. The first-order valence-corrected chi connectivity index (χ1v) is 17.0. The molecule has 49 heavy (non-hydrogen) atoms. The Morgan fingerprint density at radius 2 is 1.84 bits per heavy atom. The first-order valence-electron chi connectivity index (χ1n) is 16.1. The molecule has 0 spiro atoms. The number of benzene rings is 2. The molecular weight excluding hydrogens is 653 g/mol. The van der Waals surface area contributed by atoms with Gasteiger partial charge >= 0.3 is 5.76 Å². The molecule has 1 aliphatic carbocycles. The van der Waals surface area contributed by atoms with Crippen LogP contribution in [0.15, 0.2) is 63.9 Å². The Hall–Kier alpha value is -5.30. The van der Waals surface area contributed by atoms with E-state index in [1.54, 1.807) is 18.3 Å². The number of thiophene rings is 1. The van der Waals surface area contributed by atoms with E-state index in [1.165, 1.54) is 29.5 Å². The molecule has 13 heteroatoms. The molecule has 1 amide bonds.